The third-order valence-corrected chi connectivity index (χ3v) is 5.35. The monoisotopic (exact) mass is 441 g/mol. The molecule has 0 aliphatic heterocycles. The molecule has 0 unspecified atom stereocenters. The Kier molecular flexibility index (Phi) is 7.77. The molecule has 0 saturated heterocycles. The van der Waals surface area contributed by atoms with Crippen LogP contribution in [0.15, 0.2) is 53.7 Å². The number of hydrogen-bond donors (Lipinski definition) is 2. The molecule has 9 heteroatoms. The fraction of sp³-hybridized carbons (Fsp3) is 0.273. The summed E-state index contributed by atoms with van der Waals surface area (Å²) >= 11 is 1.14. The van der Waals surface area contributed by atoms with Crippen LogP contribution in [0.5, 0.6) is 0 Å². The summed E-state index contributed by atoms with van der Waals surface area (Å²) in [6, 6.07) is 13.7. The van der Waals surface area contributed by atoms with Crippen LogP contribution in [0.25, 0.3) is 11.4 Å². The van der Waals surface area contributed by atoms with Gasteiger partial charge in [-0.15, -0.1) is 5.10 Å². The standard InChI is InChI=1S/C22H24FN5O2S/c1-3-12-28(13-19(29)24-18-11-7-4-8-15(18)2)20(30)14-31-22-25-21(26-27-22)16-9-5-6-10-17(16)23/h4-11H,3,12-14H2,1-2H3,(H,24,29)(H,25,26,27). The molecule has 0 saturated carbocycles. The number of nitrogens with zero attached hydrogens (tertiary/aromatic N) is 3. The highest BCUT2D eigenvalue weighted by molar-refractivity contribution is 7.99. The number of aryl methyl sites for hydroxylation is 1. The molecule has 7 nitrogen and oxygen atoms in total. The van der Waals surface area contributed by atoms with E-state index >= 15 is 0 Å². The number of thioether (sulfide) groups is 1. The van der Waals surface area contributed by atoms with E-state index in [-0.39, 0.29) is 24.1 Å². The molecule has 3 rings (SSSR count). The average molecular weight is 442 g/mol. The molecule has 2 amide bonds. The zero-order valence-electron chi connectivity index (χ0n) is 17.4. The summed E-state index contributed by atoms with van der Waals surface area (Å²) in [7, 11) is 0. The number of aromatic amines is 1. The molecular formula is C22H24FN5O2S. The largest absolute Gasteiger partial charge is 0.333 e. The van der Waals surface area contributed by atoms with Crippen LogP contribution in [0.3, 0.4) is 0 Å². The van der Waals surface area contributed by atoms with Crippen molar-refractivity contribution in [3.63, 3.8) is 0 Å². The van der Waals surface area contributed by atoms with Crippen LogP contribution in [0.4, 0.5) is 10.1 Å². The SMILES string of the molecule is CCCN(CC(=O)Nc1ccccc1C)C(=O)CSc1n[nH]c(-c2ccccc2F)n1. The topological polar surface area (TPSA) is 91.0 Å². The van der Waals surface area contributed by atoms with E-state index in [0.717, 1.165) is 29.4 Å². The van der Waals surface area contributed by atoms with E-state index in [9.17, 15) is 14.0 Å². The number of benzene rings is 2. The summed E-state index contributed by atoms with van der Waals surface area (Å²) in [6.07, 6.45) is 0.728. The molecule has 0 aliphatic carbocycles. The van der Waals surface area contributed by atoms with Crippen molar-refractivity contribution in [1.29, 1.82) is 0 Å². The second kappa shape index (κ2) is 10.7. The molecule has 0 aliphatic rings. The minimum atomic E-state index is -0.403. The molecule has 0 radical (unpaired) electrons. The highest BCUT2D eigenvalue weighted by Crippen LogP contribution is 2.22. The molecule has 0 atom stereocenters. The molecule has 31 heavy (non-hydrogen) atoms. The van der Waals surface area contributed by atoms with Crippen molar-refractivity contribution in [2.75, 3.05) is 24.2 Å². The molecule has 2 aromatic carbocycles. The number of H-pyrrole nitrogens is 1. The lowest BCUT2D eigenvalue weighted by molar-refractivity contribution is -0.132. The number of hydrogen-bond acceptors (Lipinski definition) is 5. The lowest BCUT2D eigenvalue weighted by Gasteiger charge is -2.21. The van der Waals surface area contributed by atoms with Crippen LogP contribution in [0, 0.1) is 12.7 Å². The maximum atomic E-state index is 13.9. The third-order valence-electron chi connectivity index (χ3n) is 4.52. The first-order valence-electron chi connectivity index (χ1n) is 9.91. The Bertz CT molecular complexity index is 1060. The smallest absolute Gasteiger partial charge is 0.244 e. The van der Waals surface area contributed by atoms with Crippen molar-refractivity contribution in [2.24, 2.45) is 0 Å². The molecule has 0 bridgehead atoms. The van der Waals surface area contributed by atoms with E-state index < -0.39 is 5.82 Å². The molecule has 1 aromatic heterocycles. The van der Waals surface area contributed by atoms with Gasteiger partial charge in [0, 0.05) is 12.2 Å². The van der Waals surface area contributed by atoms with E-state index in [1.165, 1.54) is 11.0 Å². The van der Waals surface area contributed by atoms with Crippen molar-refractivity contribution in [3.8, 4) is 11.4 Å². The second-order valence-electron chi connectivity index (χ2n) is 6.91. The number of nitrogens with one attached hydrogen (secondary N) is 2. The Balaban J connectivity index is 1.57. The zero-order valence-corrected chi connectivity index (χ0v) is 18.2. The number of para-hydroxylation sites is 1. The molecule has 0 fully saturated rings. The minimum absolute atomic E-state index is 0.0317. The minimum Gasteiger partial charge on any atom is -0.333 e. The van der Waals surface area contributed by atoms with Gasteiger partial charge in [-0.1, -0.05) is 49.0 Å². The Labute approximate surface area is 184 Å². The first-order chi connectivity index (χ1) is 15.0. The van der Waals surface area contributed by atoms with Crippen LogP contribution < -0.4 is 5.32 Å². The maximum Gasteiger partial charge on any atom is 0.244 e. The van der Waals surface area contributed by atoms with Gasteiger partial charge in [0.2, 0.25) is 17.0 Å². The Morgan fingerprint density at radius 3 is 2.65 bits per heavy atom. The predicted octanol–water partition coefficient (Wildman–Crippen LogP) is 3.89. The van der Waals surface area contributed by atoms with E-state index in [2.05, 4.69) is 20.5 Å². The number of carbonyl (C=O) groups is 2. The predicted molar refractivity (Wildman–Crippen MR) is 119 cm³/mol. The molecule has 162 valence electrons. The van der Waals surface area contributed by atoms with Gasteiger partial charge >= 0.3 is 0 Å². The number of halogens is 1. The number of carbonyl (C=O) groups excluding carboxylic acids is 2. The molecule has 0 spiro atoms. The van der Waals surface area contributed by atoms with Crippen molar-refractivity contribution in [2.45, 2.75) is 25.4 Å². The van der Waals surface area contributed by atoms with Crippen LogP contribution in [0.1, 0.15) is 18.9 Å². The first-order valence-corrected chi connectivity index (χ1v) is 10.9. The van der Waals surface area contributed by atoms with Crippen LogP contribution >= 0.6 is 11.8 Å². The zero-order chi connectivity index (χ0) is 22.2. The summed E-state index contributed by atoms with van der Waals surface area (Å²) in [5, 5.41) is 9.93. The lowest BCUT2D eigenvalue weighted by atomic mass is 10.2. The van der Waals surface area contributed by atoms with Crippen LogP contribution in [-0.4, -0.2) is 50.7 Å². The number of rotatable bonds is 9. The number of anilines is 1. The van der Waals surface area contributed by atoms with Gasteiger partial charge in [-0.25, -0.2) is 9.37 Å². The Hall–Kier alpha value is -3.20. The van der Waals surface area contributed by atoms with Crippen LogP contribution in [-0.2, 0) is 9.59 Å². The van der Waals surface area contributed by atoms with Gasteiger partial charge in [0.1, 0.15) is 5.82 Å². The summed E-state index contributed by atoms with van der Waals surface area (Å²) in [5.41, 5.74) is 2.00. The summed E-state index contributed by atoms with van der Waals surface area (Å²) < 4.78 is 13.9. The van der Waals surface area contributed by atoms with Crippen molar-refractivity contribution < 1.29 is 14.0 Å². The van der Waals surface area contributed by atoms with E-state index in [0.29, 0.717) is 23.1 Å². The molecular weight excluding hydrogens is 417 g/mol. The molecule has 3 aromatic rings. The van der Waals surface area contributed by atoms with Gasteiger partial charge in [0.25, 0.3) is 0 Å². The summed E-state index contributed by atoms with van der Waals surface area (Å²) in [4.78, 5) is 30.9. The van der Waals surface area contributed by atoms with Gasteiger partial charge in [0.05, 0.1) is 17.9 Å². The second-order valence-corrected chi connectivity index (χ2v) is 7.86. The number of aromatic nitrogens is 3. The third kappa shape index (κ3) is 6.14. The number of amides is 2. The Morgan fingerprint density at radius 1 is 1.16 bits per heavy atom. The lowest BCUT2D eigenvalue weighted by Crippen LogP contribution is -2.39. The van der Waals surface area contributed by atoms with Crippen molar-refractivity contribution >= 4 is 29.3 Å². The Morgan fingerprint density at radius 2 is 1.90 bits per heavy atom. The fourth-order valence-corrected chi connectivity index (χ4v) is 3.64. The van der Waals surface area contributed by atoms with Crippen molar-refractivity contribution in [1.82, 2.24) is 20.1 Å². The summed E-state index contributed by atoms with van der Waals surface area (Å²) in [6.45, 7) is 4.29. The van der Waals surface area contributed by atoms with Crippen LogP contribution in [0.2, 0.25) is 0 Å². The van der Waals surface area contributed by atoms with Gasteiger partial charge < -0.3 is 10.2 Å². The van der Waals surface area contributed by atoms with Crippen molar-refractivity contribution in [3.05, 3.63) is 59.9 Å². The molecule has 1 heterocycles. The van der Waals surface area contributed by atoms with Gasteiger partial charge in [-0.05, 0) is 37.1 Å². The van der Waals surface area contributed by atoms with E-state index in [4.69, 9.17) is 0 Å². The highest BCUT2D eigenvalue weighted by Gasteiger charge is 2.18. The van der Waals surface area contributed by atoms with E-state index in [1.807, 2.05) is 38.1 Å². The highest BCUT2D eigenvalue weighted by atomic mass is 32.2. The fourth-order valence-electron chi connectivity index (χ4n) is 2.94. The normalized spacial score (nSPS) is 10.7. The maximum absolute atomic E-state index is 13.9. The van der Waals surface area contributed by atoms with Gasteiger partial charge in [-0.3, -0.25) is 14.7 Å². The first kappa shape index (κ1) is 22.5. The molecule has 2 N–H and O–H groups in total. The van der Waals surface area contributed by atoms with Gasteiger partial charge in [-0.2, -0.15) is 0 Å². The average Bonchev–Trinajstić information content (AvgIpc) is 3.22. The quantitative estimate of drug-likeness (QED) is 0.492. The summed E-state index contributed by atoms with van der Waals surface area (Å²) in [5.74, 6) is -0.465. The van der Waals surface area contributed by atoms with Gasteiger partial charge in [0.15, 0.2) is 5.82 Å². The van der Waals surface area contributed by atoms with E-state index in [1.54, 1.807) is 18.2 Å².